The molecule has 2 aliphatic heterocycles. The second-order valence-electron chi connectivity index (χ2n) is 10.00. The summed E-state index contributed by atoms with van der Waals surface area (Å²) in [5.74, 6) is -1.30. The van der Waals surface area contributed by atoms with Crippen LogP contribution in [0.4, 0.5) is 15.8 Å². The smallest absolute Gasteiger partial charge is 0.255 e. The lowest BCUT2D eigenvalue weighted by Gasteiger charge is -2.37. The Kier molecular flexibility index (Phi) is 9.07. The molecule has 2 aliphatic rings. The summed E-state index contributed by atoms with van der Waals surface area (Å²) < 4.78 is 13.8. The number of hydrogen-bond acceptors (Lipinski definition) is 5. The zero-order valence-corrected chi connectivity index (χ0v) is 23.8. The fourth-order valence-corrected chi connectivity index (χ4v) is 5.57. The zero-order chi connectivity index (χ0) is 28.9. The van der Waals surface area contributed by atoms with Crippen molar-refractivity contribution in [3.63, 3.8) is 0 Å². The summed E-state index contributed by atoms with van der Waals surface area (Å²) in [4.78, 5) is 45.2. The van der Waals surface area contributed by atoms with Crippen LogP contribution in [0.1, 0.15) is 37.5 Å². The van der Waals surface area contributed by atoms with Gasteiger partial charge < -0.3 is 25.3 Å². The van der Waals surface area contributed by atoms with Gasteiger partial charge in [-0.15, -0.1) is 0 Å². The SMILES string of the molecule is O=C(Nc1cc(C(=O)N2CCCNCC2)ccc1N1CCN(C(=O)c2ccc(Cl)cc2Cl)CC1)c1cccc(F)c1. The normalized spacial score (nSPS) is 15.8. The molecule has 3 amide bonds. The molecular weight excluding hydrogens is 568 g/mol. The van der Waals surface area contributed by atoms with Crippen LogP contribution in [0.25, 0.3) is 0 Å². The van der Waals surface area contributed by atoms with Crippen molar-refractivity contribution in [1.82, 2.24) is 15.1 Å². The Balaban J connectivity index is 1.37. The van der Waals surface area contributed by atoms with Crippen molar-refractivity contribution in [3.8, 4) is 0 Å². The van der Waals surface area contributed by atoms with E-state index in [9.17, 15) is 18.8 Å². The Morgan fingerprint density at radius 2 is 1.56 bits per heavy atom. The molecule has 214 valence electrons. The third-order valence-electron chi connectivity index (χ3n) is 7.27. The maximum Gasteiger partial charge on any atom is 0.255 e. The quantitative estimate of drug-likeness (QED) is 0.442. The van der Waals surface area contributed by atoms with E-state index in [2.05, 4.69) is 15.5 Å². The van der Waals surface area contributed by atoms with Crippen molar-refractivity contribution >= 4 is 52.3 Å². The van der Waals surface area contributed by atoms with Gasteiger partial charge in [0, 0.05) is 62.0 Å². The van der Waals surface area contributed by atoms with E-state index in [0.717, 1.165) is 19.5 Å². The van der Waals surface area contributed by atoms with Crippen LogP contribution in [0.3, 0.4) is 0 Å². The Labute approximate surface area is 248 Å². The standard InChI is InChI=1S/C30H30Cl2FN5O3/c31-22-6-7-24(25(32)19-22)30(41)38-15-13-36(14-16-38)27-8-5-21(29(40)37-11-2-9-34-10-12-37)18-26(27)35-28(39)20-3-1-4-23(33)17-20/h1,3-8,17-19,34H,2,9-16H2,(H,35,39). The fourth-order valence-electron chi connectivity index (χ4n) is 5.08. The minimum atomic E-state index is -0.516. The van der Waals surface area contributed by atoms with Crippen LogP contribution in [0.15, 0.2) is 60.7 Å². The first-order chi connectivity index (χ1) is 19.8. The summed E-state index contributed by atoms with van der Waals surface area (Å²) in [6, 6.07) is 15.5. The number of rotatable bonds is 5. The molecule has 0 aromatic heterocycles. The predicted molar refractivity (Wildman–Crippen MR) is 159 cm³/mol. The molecule has 2 N–H and O–H groups in total. The van der Waals surface area contributed by atoms with E-state index in [0.29, 0.717) is 71.8 Å². The highest BCUT2D eigenvalue weighted by Crippen LogP contribution is 2.30. The molecule has 0 saturated carbocycles. The van der Waals surface area contributed by atoms with Crippen LogP contribution >= 0.6 is 23.2 Å². The van der Waals surface area contributed by atoms with E-state index in [1.807, 2.05) is 6.07 Å². The molecule has 2 heterocycles. The third kappa shape index (κ3) is 6.81. The second-order valence-corrected chi connectivity index (χ2v) is 10.8. The number of carbonyl (C=O) groups is 3. The van der Waals surface area contributed by atoms with Crippen molar-refractivity contribution in [2.45, 2.75) is 6.42 Å². The third-order valence-corrected chi connectivity index (χ3v) is 7.82. The van der Waals surface area contributed by atoms with Crippen LogP contribution in [0.5, 0.6) is 0 Å². The highest BCUT2D eigenvalue weighted by molar-refractivity contribution is 6.36. The molecule has 3 aromatic carbocycles. The first-order valence-electron chi connectivity index (χ1n) is 13.5. The van der Waals surface area contributed by atoms with Gasteiger partial charge in [0.05, 0.1) is 22.0 Å². The molecule has 0 radical (unpaired) electrons. The summed E-state index contributed by atoms with van der Waals surface area (Å²) in [5.41, 5.74) is 2.16. The van der Waals surface area contributed by atoms with Gasteiger partial charge in [-0.1, -0.05) is 29.3 Å². The number of benzene rings is 3. The molecular formula is C30H30Cl2FN5O3. The van der Waals surface area contributed by atoms with E-state index < -0.39 is 11.7 Å². The van der Waals surface area contributed by atoms with E-state index in [-0.39, 0.29) is 17.4 Å². The molecule has 2 saturated heterocycles. The van der Waals surface area contributed by atoms with E-state index in [1.54, 1.807) is 40.1 Å². The maximum absolute atomic E-state index is 13.8. The van der Waals surface area contributed by atoms with Crippen LogP contribution in [0, 0.1) is 5.82 Å². The largest absolute Gasteiger partial charge is 0.366 e. The van der Waals surface area contributed by atoms with Crippen molar-refractivity contribution in [2.24, 2.45) is 0 Å². The predicted octanol–water partition coefficient (Wildman–Crippen LogP) is 4.78. The highest BCUT2D eigenvalue weighted by Gasteiger charge is 2.26. The van der Waals surface area contributed by atoms with Gasteiger partial charge in [0.15, 0.2) is 0 Å². The Morgan fingerprint density at radius 1 is 0.780 bits per heavy atom. The summed E-state index contributed by atoms with van der Waals surface area (Å²) in [6.45, 7) is 4.65. The molecule has 0 atom stereocenters. The Morgan fingerprint density at radius 3 is 2.32 bits per heavy atom. The van der Waals surface area contributed by atoms with Crippen LogP contribution in [-0.2, 0) is 0 Å². The maximum atomic E-state index is 13.8. The summed E-state index contributed by atoms with van der Waals surface area (Å²) in [6.07, 6.45) is 0.858. The lowest BCUT2D eigenvalue weighted by molar-refractivity contribution is 0.0744. The van der Waals surface area contributed by atoms with Crippen molar-refractivity contribution in [3.05, 3.63) is 93.2 Å². The van der Waals surface area contributed by atoms with Crippen molar-refractivity contribution < 1.29 is 18.8 Å². The minimum Gasteiger partial charge on any atom is -0.366 e. The number of carbonyl (C=O) groups excluding carboxylic acids is 3. The van der Waals surface area contributed by atoms with E-state index in [4.69, 9.17) is 23.2 Å². The number of nitrogens with one attached hydrogen (secondary N) is 2. The van der Waals surface area contributed by atoms with E-state index in [1.165, 1.54) is 24.3 Å². The molecule has 0 bridgehead atoms. The van der Waals surface area contributed by atoms with Crippen molar-refractivity contribution in [2.75, 3.05) is 62.6 Å². The van der Waals surface area contributed by atoms with Gasteiger partial charge in [-0.25, -0.2) is 4.39 Å². The number of halogens is 3. The average Bonchev–Trinajstić information content (AvgIpc) is 3.26. The average molecular weight is 599 g/mol. The lowest BCUT2D eigenvalue weighted by atomic mass is 10.1. The molecule has 0 spiro atoms. The number of amides is 3. The molecule has 2 fully saturated rings. The fraction of sp³-hybridized carbons (Fsp3) is 0.300. The molecule has 3 aromatic rings. The Hall–Kier alpha value is -3.66. The Bertz CT molecular complexity index is 1450. The molecule has 41 heavy (non-hydrogen) atoms. The second kappa shape index (κ2) is 12.9. The number of anilines is 2. The van der Waals surface area contributed by atoms with Gasteiger partial charge in [0.1, 0.15) is 5.82 Å². The topological polar surface area (TPSA) is 85.0 Å². The summed E-state index contributed by atoms with van der Waals surface area (Å²) in [5, 5.41) is 6.94. The molecule has 8 nitrogen and oxygen atoms in total. The lowest BCUT2D eigenvalue weighted by Crippen LogP contribution is -2.49. The van der Waals surface area contributed by atoms with Crippen LogP contribution in [-0.4, -0.2) is 79.9 Å². The van der Waals surface area contributed by atoms with Gasteiger partial charge in [-0.3, -0.25) is 14.4 Å². The first kappa shape index (κ1) is 28.9. The first-order valence-corrected chi connectivity index (χ1v) is 14.3. The van der Waals surface area contributed by atoms with Gasteiger partial charge >= 0.3 is 0 Å². The molecule has 0 unspecified atom stereocenters. The number of nitrogens with zero attached hydrogens (tertiary/aromatic N) is 3. The molecule has 5 rings (SSSR count). The monoisotopic (exact) mass is 597 g/mol. The minimum absolute atomic E-state index is 0.114. The highest BCUT2D eigenvalue weighted by atomic mass is 35.5. The number of hydrogen-bond donors (Lipinski definition) is 2. The van der Waals surface area contributed by atoms with Gasteiger partial charge in [-0.05, 0) is 67.6 Å². The molecule has 0 aliphatic carbocycles. The van der Waals surface area contributed by atoms with Crippen LogP contribution < -0.4 is 15.5 Å². The van der Waals surface area contributed by atoms with Gasteiger partial charge in [0.2, 0.25) is 0 Å². The number of piperazine rings is 1. The van der Waals surface area contributed by atoms with Crippen LogP contribution in [0.2, 0.25) is 10.0 Å². The molecule has 11 heteroatoms. The zero-order valence-electron chi connectivity index (χ0n) is 22.3. The van der Waals surface area contributed by atoms with Crippen molar-refractivity contribution in [1.29, 1.82) is 0 Å². The van der Waals surface area contributed by atoms with E-state index >= 15 is 0 Å². The summed E-state index contributed by atoms with van der Waals surface area (Å²) in [7, 11) is 0. The van der Waals surface area contributed by atoms with Gasteiger partial charge in [-0.2, -0.15) is 0 Å². The van der Waals surface area contributed by atoms with Gasteiger partial charge in [0.25, 0.3) is 17.7 Å². The summed E-state index contributed by atoms with van der Waals surface area (Å²) >= 11 is 12.2.